The molecule has 0 amide bonds. The Hall–Kier alpha value is -2.33. The molecule has 0 radical (unpaired) electrons. The average Bonchev–Trinajstić information content (AvgIpc) is 2.57. The molecule has 116 valence electrons. The van der Waals surface area contributed by atoms with Crippen LogP contribution in [0.3, 0.4) is 0 Å². The predicted molar refractivity (Wildman–Crippen MR) is 90.6 cm³/mol. The molecule has 4 heteroatoms. The fourth-order valence-electron chi connectivity index (χ4n) is 2.11. The lowest BCUT2D eigenvalue weighted by Crippen LogP contribution is -2.36. The highest BCUT2D eigenvalue weighted by Crippen LogP contribution is 2.05. The maximum atomic E-state index is 5.11. The third-order valence-electron chi connectivity index (χ3n) is 3.32. The van der Waals surface area contributed by atoms with E-state index >= 15 is 0 Å². The monoisotopic (exact) mass is 297 g/mol. The van der Waals surface area contributed by atoms with E-state index in [0.29, 0.717) is 6.61 Å². The summed E-state index contributed by atoms with van der Waals surface area (Å²) in [5, 5.41) is 6.62. The summed E-state index contributed by atoms with van der Waals surface area (Å²) in [6.07, 6.45) is 0. The van der Waals surface area contributed by atoms with Crippen LogP contribution in [0.15, 0.2) is 59.6 Å². The summed E-state index contributed by atoms with van der Waals surface area (Å²) in [4.78, 5) is 4.24. The first kappa shape index (κ1) is 16.0. The summed E-state index contributed by atoms with van der Waals surface area (Å²) in [5.74, 6) is 0.796. The van der Waals surface area contributed by atoms with Crippen LogP contribution in [0.4, 0.5) is 0 Å². The van der Waals surface area contributed by atoms with Crippen LogP contribution in [-0.4, -0.2) is 20.1 Å². The van der Waals surface area contributed by atoms with Crippen molar-refractivity contribution < 1.29 is 4.74 Å². The smallest absolute Gasteiger partial charge is 0.191 e. The molecule has 0 bridgehead atoms. The summed E-state index contributed by atoms with van der Waals surface area (Å²) in [7, 11) is 3.49. The predicted octanol–water partition coefficient (Wildman–Crippen LogP) is 2.70. The lowest BCUT2D eigenvalue weighted by atomic mass is 10.1. The van der Waals surface area contributed by atoms with Gasteiger partial charge in [0, 0.05) is 27.2 Å². The molecule has 22 heavy (non-hydrogen) atoms. The maximum Gasteiger partial charge on any atom is 0.191 e. The largest absolute Gasteiger partial charge is 0.380 e. The second-order valence-electron chi connectivity index (χ2n) is 5.01. The van der Waals surface area contributed by atoms with Crippen LogP contribution in [-0.2, 0) is 24.4 Å². The average molecular weight is 297 g/mol. The van der Waals surface area contributed by atoms with E-state index in [1.165, 1.54) is 16.7 Å². The number of nitrogens with one attached hydrogen (secondary N) is 2. The van der Waals surface area contributed by atoms with Gasteiger partial charge < -0.3 is 15.4 Å². The van der Waals surface area contributed by atoms with Gasteiger partial charge in [-0.25, -0.2) is 0 Å². The summed E-state index contributed by atoms with van der Waals surface area (Å²) in [6, 6.07) is 18.6. The molecule has 0 heterocycles. The lowest BCUT2D eigenvalue weighted by Gasteiger charge is -2.12. The molecule has 0 unspecified atom stereocenters. The van der Waals surface area contributed by atoms with E-state index in [2.05, 4.69) is 52.0 Å². The van der Waals surface area contributed by atoms with Gasteiger partial charge in [0.2, 0.25) is 0 Å². The first-order valence-electron chi connectivity index (χ1n) is 7.37. The molecule has 0 aliphatic carbocycles. The summed E-state index contributed by atoms with van der Waals surface area (Å²) in [6.45, 7) is 2.14. The molecule has 2 rings (SSSR count). The number of hydrogen-bond donors (Lipinski definition) is 2. The Morgan fingerprint density at radius 2 is 1.41 bits per heavy atom. The molecule has 0 fully saturated rings. The highest BCUT2D eigenvalue weighted by Gasteiger charge is 1.99. The number of benzene rings is 2. The van der Waals surface area contributed by atoms with Crippen LogP contribution in [0, 0.1) is 0 Å². The van der Waals surface area contributed by atoms with Gasteiger partial charge in [0.1, 0.15) is 0 Å². The highest BCUT2D eigenvalue weighted by molar-refractivity contribution is 5.79. The molecule has 0 saturated carbocycles. The van der Waals surface area contributed by atoms with Gasteiger partial charge >= 0.3 is 0 Å². The quantitative estimate of drug-likeness (QED) is 0.636. The molecular weight excluding hydrogens is 274 g/mol. The molecule has 2 N–H and O–H groups in total. The summed E-state index contributed by atoms with van der Waals surface area (Å²) in [5.41, 5.74) is 3.62. The van der Waals surface area contributed by atoms with E-state index < -0.39 is 0 Å². The Morgan fingerprint density at radius 1 is 0.864 bits per heavy atom. The third-order valence-corrected chi connectivity index (χ3v) is 3.32. The Kier molecular flexibility index (Phi) is 6.45. The van der Waals surface area contributed by atoms with Crippen molar-refractivity contribution in [2.24, 2.45) is 4.99 Å². The Labute approximate surface area is 132 Å². The molecular formula is C18H23N3O. The highest BCUT2D eigenvalue weighted by atomic mass is 16.5. The SMILES string of the molecule is CN=C(NCc1ccccc1)NCc1ccc(COC)cc1. The summed E-state index contributed by atoms with van der Waals surface area (Å²) < 4.78 is 5.11. The maximum absolute atomic E-state index is 5.11. The van der Waals surface area contributed by atoms with Crippen LogP contribution in [0.2, 0.25) is 0 Å². The van der Waals surface area contributed by atoms with E-state index in [1.54, 1.807) is 14.2 Å². The minimum atomic E-state index is 0.647. The van der Waals surface area contributed by atoms with Crippen LogP contribution in [0.5, 0.6) is 0 Å². The minimum Gasteiger partial charge on any atom is -0.380 e. The topological polar surface area (TPSA) is 45.7 Å². The fourth-order valence-corrected chi connectivity index (χ4v) is 2.11. The molecule has 0 aromatic heterocycles. The van der Waals surface area contributed by atoms with Gasteiger partial charge in [0.25, 0.3) is 0 Å². The normalized spacial score (nSPS) is 11.3. The first-order chi connectivity index (χ1) is 10.8. The second kappa shape index (κ2) is 8.85. The molecule has 0 aliphatic rings. The van der Waals surface area contributed by atoms with Gasteiger partial charge in [0.15, 0.2) is 5.96 Å². The van der Waals surface area contributed by atoms with Crippen LogP contribution < -0.4 is 10.6 Å². The Balaban J connectivity index is 1.81. The van der Waals surface area contributed by atoms with Gasteiger partial charge in [-0.3, -0.25) is 4.99 Å². The van der Waals surface area contributed by atoms with Crippen molar-refractivity contribution in [2.45, 2.75) is 19.7 Å². The second-order valence-corrected chi connectivity index (χ2v) is 5.01. The molecule has 0 atom stereocenters. The van der Waals surface area contributed by atoms with Crippen molar-refractivity contribution in [3.63, 3.8) is 0 Å². The number of rotatable bonds is 6. The molecule has 0 spiro atoms. The molecule has 4 nitrogen and oxygen atoms in total. The Bertz CT molecular complexity index is 579. The third kappa shape index (κ3) is 5.22. The minimum absolute atomic E-state index is 0.647. The Morgan fingerprint density at radius 3 is 1.95 bits per heavy atom. The van der Waals surface area contributed by atoms with E-state index in [-0.39, 0.29) is 0 Å². The van der Waals surface area contributed by atoms with E-state index in [4.69, 9.17) is 4.74 Å². The van der Waals surface area contributed by atoms with Crippen molar-refractivity contribution in [1.82, 2.24) is 10.6 Å². The zero-order valence-corrected chi connectivity index (χ0v) is 13.2. The summed E-state index contributed by atoms with van der Waals surface area (Å²) >= 11 is 0. The van der Waals surface area contributed by atoms with Crippen LogP contribution >= 0.6 is 0 Å². The first-order valence-corrected chi connectivity index (χ1v) is 7.37. The number of guanidine groups is 1. The van der Waals surface area contributed by atoms with Gasteiger partial charge in [-0.2, -0.15) is 0 Å². The molecule has 0 saturated heterocycles. The fraction of sp³-hybridized carbons (Fsp3) is 0.278. The van der Waals surface area contributed by atoms with Gasteiger partial charge in [-0.1, -0.05) is 54.6 Å². The van der Waals surface area contributed by atoms with E-state index in [0.717, 1.165) is 19.0 Å². The molecule has 2 aromatic rings. The van der Waals surface area contributed by atoms with Crippen LogP contribution in [0.25, 0.3) is 0 Å². The zero-order valence-electron chi connectivity index (χ0n) is 13.2. The number of hydrogen-bond acceptors (Lipinski definition) is 2. The number of aliphatic imine (C=N–C) groups is 1. The van der Waals surface area contributed by atoms with Crippen molar-refractivity contribution in [3.8, 4) is 0 Å². The molecule has 2 aromatic carbocycles. The number of ether oxygens (including phenoxy) is 1. The van der Waals surface area contributed by atoms with Gasteiger partial charge in [-0.05, 0) is 16.7 Å². The number of nitrogens with zero attached hydrogens (tertiary/aromatic N) is 1. The van der Waals surface area contributed by atoms with Crippen molar-refractivity contribution in [3.05, 3.63) is 71.3 Å². The number of methoxy groups -OCH3 is 1. The zero-order chi connectivity index (χ0) is 15.6. The van der Waals surface area contributed by atoms with Crippen LogP contribution in [0.1, 0.15) is 16.7 Å². The van der Waals surface area contributed by atoms with Crippen molar-refractivity contribution >= 4 is 5.96 Å². The van der Waals surface area contributed by atoms with E-state index in [1.807, 2.05) is 18.2 Å². The standard InChI is InChI=1S/C18H23N3O/c1-19-18(20-12-15-6-4-3-5-7-15)21-13-16-8-10-17(11-9-16)14-22-2/h3-11H,12-14H2,1-2H3,(H2,19,20,21). The van der Waals surface area contributed by atoms with Crippen molar-refractivity contribution in [2.75, 3.05) is 14.2 Å². The van der Waals surface area contributed by atoms with Crippen molar-refractivity contribution in [1.29, 1.82) is 0 Å². The van der Waals surface area contributed by atoms with Gasteiger partial charge in [-0.15, -0.1) is 0 Å². The van der Waals surface area contributed by atoms with Gasteiger partial charge in [0.05, 0.1) is 6.61 Å². The molecule has 0 aliphatic heterocycles. The lowest BCUT2D eigenvalue weighted by molar-refractivity contribution is 0.185. The van der Waals surface area contributed by atoms with E-state index in [9.17, 15) is 0 Å².